The largest absolute Gasteiger partial charge is 0.456 e. The summed E-state index contributed by atoms with van der Waals surface area (Å²) in [5.41, 5.74) is 0.704. The summed E-state index contributed by atoms with van der Waals surface area (Å²) in [4.78, 5) is 21.3. The first-order valence-corrected chi connectivity index (χ1v) is 6.17. The van der Waals surface area contributed by atoms with E-state index in [4.69, 9.17) is 9.94 Å². The first-order chi connectivity index (χ1) is 9.63. The maximum absolute atomic E-state index is 11.6. The number of carbonyl (C=O) groups excluding carboxylic acids is 1. The lowest BCUT2D eigenvalue weighted by Gasteiger charge is -2.05. The second-order valence-corrected chi connectivity index (χ2v) is 4.12. The number of carbonyl (C=O) groups is 1. The molecule has 1 aromatic carbocycles. The van der Waals surface area contributed by atoms with Gasteiger partial charge in [0.15, 0.2) is 5.71 Å². The smallest absolute Gasteiger partial charge is 0.356 e. The molecule has 0 bridgehead atoms. The Morgan fingerprint density at radius 3 is 2.60 bits per heavy atom. The van der Waals surface area contributed by atoms with Crippen molar-refractivity contribution >= 4 is 11.7 Å². The Kier molecular flexibility index (Phi) is 6.74. The molecule has 0 spiro atoms. The number of nitrogens with zero attached hydrogens (tertiary/aromatic N) is 2. The zero-order valence-corrected chi connectivity index (χ0v) is 10.9. The Morgan fingerprint density at radius 2 is 2.00 bits per heavy atom. The number of nitro groups is 1. The maximum Gasteiger partial charge on any atom is 0.356 e. The summed E-state index contributed by atoms with van der Waals surface area (Å²) in [5, 5.41) is 21.8. The molecule has 0 aromatic heterocycles. The van der Waals surface area contributed by atoms with Gasteiger partial charge in [0.1, 0.15) is 6.61 Å². The first-order valence-electron chi connectivity index (χ1n) is 6.17. The first kappa shape index (κ1) is 15.6. The van der Waals surface area contributed by atoms with E-state index < -0.39 is 10.9 Å². The van der Waals surface area contributed by atoms with E-state index in [2.05, 4.69) is 5.16 Å². The molecule has 1 aromatic rings. The molecule has 0 aliphatic heterocycles. The van der Waals surface area contributed by atoms with E-state index >= 15 is 0 Å². The van der Waals surface area contributed by atoms with E-state index in [9.17, 15) is 14.9 Å². The van der Waals surface area contributed by atoms with Crippen LogP contribution in [0, 0.1) is 10.1 Å². The summed E-state index contributed by atoms with van der Waals surface area (Å²) in [6.45, 7) is -0.0780. The number of unbranched alkanes of at least 4 members (excludes halogenated alkanes) is 1. The van der Waals surface area contributed by atoms with Crippen molar-refractivity contribution in [2.75, 3.05) is 6.54 Å². The highest BCUT2D eigenvalue weighted by molar-refractivity contribution is 6.36. The van der Waals surface area contributed by atoms with Crippen molar-refractivity contribution < 1.29 is 19.7 Å². The van der Waals surface area contributed by atoms with Crippen LogP contribution in [0.15, 0.2) is 35.5 Å². The van der Waals surface area contributed by atoms with Gasteiger partial charge in [0.25, 0.3) is 0 Å². The fourth-order valence-electron chi connectivity index (χ4n) is 1.53. The second kappa shape index (κ2) is 8.63. The van der Waals surface area contributed by atoms with Gasteiger partial charge in [-0.1, -0.05) is 35.5 Å². The molecular weight excluding hydrogens is 264 g/mol. The Labute approximate surface area is 116 Å². The van der Waals surface area contributed by atoms with Crippen LogP contribution in [0.3, 0.4) is 0 Å². The summed E-state index contributed by atoms with van der Waals surface area (Å²) in [6, 6.07) is 9.10. The van der Waals surface area contributed by atoms with Crippen molar-refractivity contribution in [1.29, 1.82) is 0 Å². The van der Waals surface area contributed by atoms with Gasteiger partial charge >= 0.3 is 5.97 Å². The van der Waals surface area contributed by atoms with Crippen LogP contribution in [0.25, 0.3) is 0 Å². The predicted octanol–water partition coefficient (Wildman–Crippen LogP) is 2.01. The summed E-state index contributed by atoms with van der Waals surface area (Å²) < 4.78 is 5.00. The van der Waals surface area contributed by atoms with Crippen LogP contribution in [-0.4, -0.2) is 28.4 Å². The number of esters is 1. The van der Waals surface area contributed by atoms with Gasteiger partial charge < -0.3 is 9.94 Å². The average molecular weight is 280 g/mol. The molecule has 0 saturated carbocycles. The minimum Gasteiger partial charge on any atom is -0.456 e. The Morgan fingerprint density at radius 1 is 1.30 bits per heavy atom. The van der Waals surface area contributed by atoms with Crippen LogP contribution < -0.4 is 0 Å². The van der Waals surface area contributed by atoms with Gasteiger partial charge in [0.2, 0.25) is 6.54 Å². The molecule has 1 N–H and O–H groups in total. The number of benzene rings is 1. The van der Waals surface area contributed by atoms with Gasteiger partial charge in [-0.25, -0.2) is 4.79 Å². The number of ether oxygens (including phenoxy) is 1. The third kappa shape index (κ3) is 5.94. The van der Waals surface area contributed by atoms with Gasteiger partial charge in [-0.05, 0) is 12.0 Å². The molecule has 0 atom stereocenters. The van der Waals surface area contributed by atoms with E-state index in [0.717, 1.165) is 5.56 Å². The van der Waals surface area contributed by atoms with E-state index in [1.807, 2.05) is 18.2 Å². The van der Waals surface area contributed by atoms with Crippen molar-refractivity contribution in [3.8, 4) is 0 Å². The predicted molar refractivity (Wildman–Crippen MR) is 71.2 cm³/mol. The summed E-state index contributed by atoms with van der Waals surface area (Å²) in [5.74, 6) is -0.711. The quantitative estimate of drug-likeness (QED) is 0.196. The normalized spacial score (nSPS) is 11.1. The third-order valence-corrected chi connectivity index (χ3v) is 2.57. The second-order valence-electron chi connectivity index (χ2n) is 4.12. The molecule has 0 radical (unpaired) electrons. The molecule has 108 valence electrons. The number of hydrogen-bond acceptors (Lipinski definition) is 6. The zero-order chi connectivity index (χ0) is 14.8. The van der Waals surface area contributed by atoms with Crippen LogP contribution in [0.5, 0.6) is 0 Å². The van der Waals surface area contributed by atoms with Crippen LogP contribution in [0.1, 0.15) is 24.8 Å². The topological polar surface area (TPSA) is 102 Å². The monoisotopic (exact) mass is 280 g/mol. The molecule has 7 nitrogen and oxygen atoms in total. The van der Waals surface area contributed by atoms with E-state index in [-0.39, 0.29) is 25.3 Å². The standard InChI is InChI=1S/C13H16N2O5/c16-13(20-10-11-6-2-1-3-7-11)12(14-17)8-4-5-9-15(18)19/h1-3,6-7,17H,4-5,8-10H2. The molecule has 0 aliphatic rings. The lowest BCUT2D eigenvalue weighted by molar-refractivity contribution is -0.480. The van der Waals surface area contributed by atoms with Gasteiger partial charge in [-0.3, -0.25) is 10.1 Å². The molecule has 0 heterocycles. The summed E-state index contributed by atoms with van der Waals surface area (Å²) in [7, 11) is 0. The molecule has 0 saturated heterocycles. The van der Waals surface area contributed by atoms with Crippen LogP contribution >= 0.6 is 0 Å². The zero-order valence-electron chi connectivity index (χ0n) is 10.9. The van der Waals surface area contributed by atoms with Crippen molar-refractivity contribution in [3.05, 3.63) is 46.0 Å². The summed E-state index contributed by atoms with van der Waals surface area (Å²) in [6.07, 6.45) is 0.858. The maximum atomic E-state index is 11.6. The van der Waals surface area contributed by atoms with Crippen molar-refractivity contribution in [3.63, 3.8) is 0 Å². The average Bonchev–Trinajstić information content (AvgIpc) is 2.45. The SMILES string of the molecule is O=C(OCc1ccccc1)C(CCCC[N+](=O)[O-])=NO. The lowest BCUT2D eigenvalue weighted by atomic mass is 10.1. The molecule has 0 amide bonds. The highest BCUT2D eigenvalue weighted by Gasteiger charge is 2.14. The van der Waals surface area contributed by atoms with Crippen LogP contribution in [0.2, 0.25) is 0 Å². The van der Waals surface area contributed by atoms with Crippen molar-refractivity contribution in [2.24, 2.45) is 5.16 Å². The van der Waals surface area contributed by atoms with Gasteiger partial charge in [0.05, 0.1) is 0 Å². The Bertz CT molecular complexity index is 473. The van der Waals surface area contributed by atoms with Crippen LogP contribution in [-0.2, 0) is 16.1 Å². The molecule has 20 heavy (non-hydrogen) atoms. The molecule has 0 aliphatic carbocycles. The summed E-state index contributed by atoms with van der Waals surface area (Å²) >= 11 is 0. The van der Waals surface area contributed by atoms with Gasteiger partial charge in [0, 0.05) is 17.8 Å². The minimum absolute atomic E-state index is 0.0909. The van der Waals surface area contributed by atoms with E-state index in [1.54, 1.807) is 12.1 Å². The number of rotatable bonds is 8. The Balaban J connectivity index is 2.34. The fourth-order valence-corrected chi connectivity index (χ4v) is 1.53. The molecular formula is C13H16N2O5. The molecule has 7 heteroatoms. The van der Waals surface area contributed by atoms with Gasteiger partial charge in [-0.15, -0.1) is 0 Å². The number of oxime groups is 1. The number of hydrogen-bond donors (Lipinski definition) is 1. The van der Waals surface area contributed by atoms with Crippen LogP contribution in [0.4, 0.5) is 0 Å². The lowest BCUT2D eigenvalue weighted by Crippen LogP contribution is -2.18. The molecule has 0 fully saturated rings. The fraction of sp³-hybridized carbons (Fsp3) is 0.385. The molecule has 0 unspecified atom stereocenters. The van der Waals surface area contributed by atoms with Crippen molar-refractivity contribution in [2.45, 2.75) is 25.9 Å². The molecule has 1 rings (SSSR count). The highest BCUT2D eigenvalue weighted by Crippen LogP contribution is 2.04. The highest BCUT2D eigenvalue weighted by atomic mass is 16.6. The minimum atomic E-state index is -0.711. The van der Waals surface area contributed by atoms with Crippen molar-refractivity contribution in [1.82, 2.24) is 0 Å². The Hall–Kier alpha value is -2.44. The third-order valence-electron chi connectivity index (χ3n) is 2.57. The van der Waals surface area contributed by atoms with E-state index in [0.29, 0.717) is 12.8 Å². The van der Waals surface area contributed by atoms with E-state index in [1.165, 1.54) is 0 Å². The van der Waals surface area contributed by atoms with Gasteiger partial charge in [-0.2, -0.15) is 0 Å².